The highest BCUT2D eigenvalue weighted by Crippen LogP contribution is 2.31. The van der Waals surface area contributed by atoms with Gasteiger partial charge in [-0.2, -0.15) is 0 Å². The number of hydrogen-bond donors (Lipinski definition) is 1. The number of likely N-dealkylation sites (tertiary alicyclic amines) is 1. The minimum atomic E-state index is -1.67. The summed E-state index contributed by atoms with van der Waals surface area (Å²) >= 11 is 0. The summed E-state index contributed by atoms with van der Waals surface area (Å²) in [5.74, 6) is -0.285. The zero-order valence-electron chi connectivity index (χ0n) is 15.9. The van der Waals surface area contributed by atoms with Crippen LogP contribution >= 0.6 is 12.4 Å². The molecule has 0 spiro atoms. The molecule has 3 rings (SSSR count). The summed E-state index contributed by atoms with van der Waals surface area (Å²) in [6.07, 6.45) is 3.76. The van der Waals surface area contributed by atoms with Gasteiger partial charge in [-0.3, -0.25) is 4.79 Å². The molecule has 4 nitrogen and oxygen atoms in total. The lowest BCUT2D eigenvalue weighted by molar-refractivity contribution is -0.147. The average Bonchev–Trinajstić information content (AvgIpc) is 2.73. The lowest BCUT2D eigenvalue weighted by Gasteiger charge is -2.34. The number of amides is 1. The van der Waals surface area contributed by atoms with Crippen LogP contribution in [0.5, 0.6) is 0 Å². The van der Waals surface area contributed by atoms with E-state index in [1.54, 1.807) is 11.9 Å². The van der Waals surface area contributed by atoms with Crippen LogP contribution in [-0.4, -0.2) is 54.0 Å². The molecule has 0 saturated carbocycles. The van der Waals surface area contributed by atoms with Crippen LogP contribution in [0.15, 0.2) is 60.7 Å². The highest BCUT2D eigenvalue weighted by molar-refractivity contribution is 5.90. The van der Waals surface area contributed by atoms with Crippen molar-refractivity contribution in [1.29, 1.82) is 0 Å². The Morgan fingerprint density at radius 1 is 0.963 bits per heavy atom. The van der Waals surface area contributed by atoms with E-state index in [0.29, 0.717) is 17.7 Å². The molecule has 1 amide bonds. The fourth-order valence-electron chi connectivity index (χ4n) is 3.62. The second kappa shape index (κ2) is 9.88. The molecular weight excluding hydrogens is 360 g/mol. The predicted octanol–water partition coefficient (Wildman–Crippen LogP) is 3.29. The van der Waals surface area contributed by atoms with Gasteiger partial charge in [0.1, 0.15) is 0 Å². The molecule has 5 heteroatoms. The fraction of sp³-hybridized carbons (Fsp3) is 0.409. The fourth-order valence-corrected chi connectivity index (χ4v) is 3.62. The molecule has 0 aromatic heterocycles. The second-order valence-electron chi connectivity index (χ2n) is 7.07. The number of benzene rings is 2. The Morgan fingerprint density at radius 2 is 1.44 bits per heavy atom. The van der Waals surface area contributed by atoms with E-state index in [2.05, 4.69) is 4.90 Å². The summed E-state index contributed by atoms with van der Waals surface area (Å²) in [7, 11) is 1.78. The number of piperidine rings is 1. The zero-order chi connectivity index (χ0) is 18.4. The van der Waals surface area contributed by atoms with Gasteiger partial charge in [-0.25, -0.2) is 0 Å². The largest absolute Gasteiger partial charge is 0.372 e. The smallest absolute Gasteiger partial charge is 0.263 e. The summed E-state index contributed by atoms with van der Waals surface area (Å²) < 4.78 is 0. The van der Waals surface area contributed by atoms with Gasteiger partial charge in [0.2, 0.25) is 0 Å². The van der Waals surface area contributed by atoms with E-state index in [0.717, 1.165) is 19.6 Å². The third-order valence-corrected chi connectivity index (χ3v) is 5.24. The lowest BCUT2D eigenvalue weighted by atomic mass is 9.85. The van der Waals surface area contributed by atoms with Crippen molar-refractivity contribution >= 4 is 18.3 Å². The number of hydrogen-bond acceptors (Lipinski definition) is 3. The molecule has 0 atom stereocenters. The van der Waals surface area contributed by atoms with Gasteiger partial charge < -0.3 is 14.9 Å². The molecule has 0 aliphatic carbocycles. The van der Waals surface area contributed by atoms with Gasteiger partial charge in [0.05, 0.1) is 0 Å². The van der Waals surface area contributed by atoms with E-state index in [1.165, 1.54) is 19.3 Å². The van der Waals surface area contributed by atoms with Gasteiger partial charge in [-0.1, -0.05) is 67.1 Å². The SMILES string of the molecule is CN(CCN1CCCCC1)C(=O)C(O)(c1ccccc1)c1ccccc1.Cl. The molecule has 0 bridgehead atoms. The zero-order valence-corrected chi connectivity index (χ0v) is 16.7. The van der Waals surface area contributed by atoms with Gasteiger partial charge in [0.15, 0.2) is 5.60 Å². The van der Waals surface area contributed by atoms with E-state index in [1.807, 2.05) is 60.7 Å². The van der Waals surface area contributed by atoms with Crippen LogP contribution in [0.25, 0.3) is 0 Å². The number of halogens is 1. The average molecular weight is 389 g/mol. The summed E-state index contributed by atoms with van der Waals surface area (Å²) in [4.78, 5) is 17.4. The summed E-state index contributed by atoms with van der Waals surface area (Å²) in [5.41, 5.74) is -0.471. The lowest BCUT2D eigenvalue weighted by Crippen LogP contribution is -2.48. The minimum absolute atomic E-state index is 0. The molecule has 1 saturated heterocycles. The third kappa shape index (κ3) is 4.89. The highest BCUT2D eigenvalue weighted by atomic mass is 35.5. The van der Waals surface area contributed by atoms with Crippen molar-refractivity contribution in [3.05, 3.63) is 71.8 Å². The van der Waals surface area contributed by atoms with Gasteiger partial charge in [0, 0.05) is 20.1 Å². The quantitative estimate of drug-likeness (QED) is 0.825. The molecule has 146 valence electrons. The van der Waals surface area contributed by atoms with Crippen molar-refractivity contribution in [2.75, 3.05) is 33.2 Å². The van der Waals surface area contributed by atoms with Crippen LogP contribution in [-0.2, 0) is 10.4 Å². The van der Waals surface area contributed by atoms with Crippen LogP contribution in [0.1, 0.15) is 30.4 Å². The molecule has 1 aliphatic heterocycles. The molecule has 1 fully saturated rings. The van der Waals surface area contributed by atoms with E-state index < -0.39 is 5.60 Å². The van der Waals surface area contributed by atoms with Crippen molar-refractivity contribution < 1.29 is 9.90 Å². The van der Waals surface area contributed by atoms with Gasteiger partial charge in [-0.05, 0) is 37.1 Å². The Labute approximate surface area is 168 Å². The minimum Gasteiger partial charge on any atom is -0.372 e. The van der Waals surface area contributed by atoms with Gasteiger partial charge in [-0.15, -0.1) is 12.4 Å². The molecule has 1 heterocycles. The molecular formula is C22H29ClN2O2. The van der Waals surface area contributed by atoms with Crippen LogP contribution in [0.3, 0.4) is 0 Å². The summed E-state index contributed by atoms with van der Waals surface area (Å²) in [6, 6.07) is 18.4. The van der Waals surface area contributed by atoms with Crippen LogP contribution < -0.4 is 0 Å². The number of nitrogens with zero attached hydrogens (tertiary/aromatic N) is 2. The van der Waals surface area contributed by atoms with Crippen LogP contribution in [0.4, 0.5) is 0 Å². The predicted molar refractivity (Wildman–Crippen MR) is 111 cm³/mol. The first-order chi connectivity index (χ1) is 12.6. The molecule has 1 N–H and O–H groups in total. The Hall–Kier alpha value is -1.88. The standard InChI is InChI=1S/C22H28N2O2.ClH/c1-23(17-18-24-15-9-4-10-16-24)21(25)22(26,19-11-5-2-6-12-19)20-13-7-3-8-14-20;/h2-3,5-8,11-14,26H,4,9-10,15-18H2,1H3;1H. The van der Waals surface area contributed by atoms with Crippen LogP contribution in [0, 0.1) is 0 Å². The molecule has 1 aliphatic rings. The first kappa shape index (κ1) is 21.4. The van der Waals surface area contributed by atoms with Gasteiger partial charge >= 0.3 is 0 Å². The van der Waals surface area contributed by atoms with Crippen molar-refractivity contribution in [3.63, 3.8) is 0 Å². The molecule has 2 aromatic rings. The number of carbonyl (C=O) groups is 1. The summed E-state index contributed by atoms with van der Waals surface area (Å²) in [5, 5.41) is 11.5. The first-order valence-corrected chi connectivity index (χ1v) is 9.43. The number of likely N-dealkylation sites (N-methyl/N-ethyl adjacent to an activating group) is 1. The van der Waals surface area contributed by atoms with E-state index in [9.17, 15) is 9.90 Å². The maximum atomic E-state index is 13.3. The Balaban J connectivity index is 0.00000261. The molecule has 0 radical (unpaired) electrons. The highest BCUT2D eigenvalue weighted by Gasteiger charge is 2.41. The van der Waals surface area contributed by atoms with Gasteiger partial charge in [0.25, 0.3) is 5.91 Å². The Morgan fingerprint density at radius 3 is 1.93 bits per heavy atom. The summed E-state index contributed by atoms with van der Waals surface area (Å²) in [6.45, 7) is 3.66. The molecule has 2 aromatic carbocycles. The molecule has 27 heavy (non-hydrogen) atoms. The number of aliphatic hydroxyl groups is 1. The van der Waals surface area contributed by atoms with Crippen molar-refractivity contribution in [3.8, 4) is 0 Å². The molecule has 0 unspecified atom stereocenters. The van der Waals surface area contributed by atoms with E-state index in [-0.39, 0.29) is 18.3 Å². The van der Waals surface area contributed by atoms with E-state index in [4.69, 9.17) is 0 Å². The van der Waals surface area contributed by atoms with Crippen molar-refractivity contribution in [2.24, 2.45) is 0 Å². The maximum Gasteiger partial charge on any atom is 0.263 e. The second-order valence-corrected chi connectivity index (χ2v) is 7.07. The van der Waals surface area contributed by atoms with Crippen molar-refractivity contribution in [1.82, 2.24) is 9.80 Å². The Bertz CT molecular complexity index is 663. The van der Waals surface area contributed by atoms with Crippen LogP contribution in [0.2, 0.25) is 0 Å². The number of rotatable bonds is 6. The third-order valence-electron chi connectivity index (χ3n) is 5.24. The van der Waals surface area contributed by atoms with E-state index >= 15 is 0 Å². The monoisotopic (exact) mass is 388 g/mol. The Kier molecular flexibility index (Phi) is 7.84. The van der Waals surface area contributed by atoms with Crippen molar-refractivity contribution in [2.45, 2.75) is 24.9 Å². The topological polar surface area (TPSA) is 43.8 Å². The normalized spacial score (nSPS) is 15.0. The number of carbonyl (C=O) groups excluding carboxylic acids is 1. The maximum absolute atomic E-state index is 13.3. The first-order valence-electron chi connectivity index (χ1n) is 9.43.